The van der Waals surface area contributed by atoms with E-state index in [-0.39, 0.29) is 11.7 Å². The van der Waals surface area contributed by atoms with Crippen LogP contribution in [0.25, 0.3) is 0 Å². The molecule has 0 aromatic carbocycles. The number of piperazine rings is 1. The highest BCUT2D eigenvalue weighted by atomic mass is 16.6. The molecular formula is C12H20N6O3. The van der Waals surface area contributed by atoms with E-state index in [4.69, 9.17) is 0 Å². The molecule has 1 aromatic heterocycles. The van der Waals surface area contributed by atoms with E-state index in [2.05, 4.69) is 15.2 Å². The first kappa shape index (κ1) is 15.2. The van der Waals surface area contributed by atoms with Crippen LogP contribution in [0.1, 0.15) is 6.92 Å². The summed E-state index contributed by atoms with van der Waals surface area (Å²) >= 11 is 0. The first-order valence-electron chi connectivity index (χ1n) is 6.86. The largest absolute Gasteiger partial charge is 0.406 e. The molecule has 21 heavy (non-hydrogen) atoms. The van der Waals surface area contributed by atoms with Crippen molar-refractivity contribution in [3.8, 4) is 0 Å². The molecule has 0 unspecified atom stereocenters. The molecule has 0 saturated carbocycles. The van der Waals surface area contributed by atoms with Crippen molar-refractivity contribution >= 4 is 17.5 Å². The van der Waals surface area contributed by atoms with Crippen molar-refractivity contribution in [2.75, 3.05) is 44.6 Å². The summed E-state index contributed by atoms with van der Waals surface area (Å²) in [6.45, 7) is 6.08. The standard InChI is InChI=1S/C12H20N6O3/c1-10(19)17-7-5-16(6-8-17)4-3-13-11-12(18(20)21)14-9-15(11)2/h9,13H,3-8H2,1-2H3. The molecule has 2 rings (SSSR count). The van der Waals surface area contributed by atoms with Gasteiger partial charge < -0.3 is 20.3 Å². The summed E-state index contributed by atoms with van der Waals surface area (Å²) in [5.41, 5.74) is 0. The Hall–Kier alpha value is -2.16. The smallest absolute Gasteiger partial charge is 0.363 e. The molecule has 1 amide bonds. The van der Waals surface area contributed by atoms with Crippen LogP contribution >= 0.6 is 0 Å². The van der Waals surface area contributed by atoms with Crippen LogP contribution in [0, 0.1) is 10.1 Å². The van der Waals surface area contributed by atoms with Gasteiger partial charge in [-0.1, -0.05) is 0 Å². The van der Waals surface area contributed by atoms with E-state index in [1.54, 1.807) is 18.5 Å². The van der Waals surface area contributed by atoms with Crippen LogP contribution in [0.2, 0.25) is 0 Å². The Kier molecular flexibility index (Phi) is 4.73. The number of amides is 1. The maximum atomic E-state index is 11.2. The molecule has 0 atom stereocenters. The summed E-state index contributed by atoms with van der Waals surface area (Å²) in [5.74, 6) is 0.375. The Bertz CT molecular complexity index is 521. The minimum absolute atomic E-state index is 0.110. The summed E-state index contributed by atoms with van der Waals surface area (Å²) in [7, 11) is 1.72. The van der Waals surface area contributed by atoms with E-state index < -0.39 is 4.92 Å². The number of aromatic nitrogens is 2. The average molecular weight is 296 g/mol. The molecule has 116 valence electrons. The van der Waals surface area contributed by atoms with E-state index in [9.17, 15) is 14.9 Å². The zero-order valence-corrected chi connectivity index (χ0v) is 12.3. The van der Waals surface area contributed by atoms with Crippen molar-refractivity contribution in [3.05, 3.63) is 16.4 Å². The molecule has 1 fully saturated rings. The average Bonchev–Trinajstić information content (AvgIpc) is 2.81. The predicted molar refractivity (Wildman–Crippen MR) is 77.0 cm³/mol. The fourth-order valence-corrected chi connectivity index (χ4v) is 2.37. The number of anilines is 1. The van der Waals surface area contributed by atoms with E-state index in [0.29, 0.717) is 12.4 Å². The van der Waals surface area contributed by atoms with Crippen molar-refractivity contribution in [3.63, 3.8) is 0 Å². The van der Waals surface area contributed by atoms with Gasteiger partial charge in [-0.15, -0.1) is 0 Å². The number of carbonyl (C=O) groups is 1. The Labute approximate surface area is 122 Å². The Morgan fingerprint density at radius 2 is 2.10 bits per heavy atom. The number of hydrogen-bond donors (Lipinski definition) is 1. The van der Waals surface area contributed by atoms with Crippen molar-refractivity contribution in [1.29, 1.82) is 0 Å². The Balaban J connectivity index is 1.79. The monoisotopic (exact) mass is 296 g/mol. The van der Waals surface area contributed by atoms with Gasteiger partial charge in [-0.25, -0.2) is 0 Å². The minimum atomic E-state index is -0.492. The van der Waals surface area contributed by atoms with Crippen LogP contribution in [-0.4, -0.2) is 69.4 Å². The van der Waals surface area contributed by atoms with Gasteiger partial charge in [0.15, 0.2) is 0 Å². The first-order valence-corrected chi connectivity index (χ1v) is 6.86. The second-order valence-corrected chi connectivity index (χ2v) is 5.06. The van der Waals surface area contributed by atoms with Gasteiger partial charge in [0, 0.05) is 53.2 Å². The first-order chi connectivity index (χ1) is 9.99. The lowest BCUT2D eigenvalue weighted by atomic mass is 10.3. The molecule has 0 spiro atoms. The van der Waals surface area contributed by atoms with E-state index in [0.717, 1.165) is 32.7 Å². The fraction of sp³-hybridized carbons (Fsp3) is 0.667. The highest BCUT2D eigenvalue weighted by Gasteiger charge is 2.21. The van der Waals surface area contributed by atoms with Crippen LogP contribution in [0.15, 0.2) is 6.33 Å². The minimum Gasteiger partial charge on any atom is -0.363 e. The van der Waals surface area contributed by atoms with Crippen molar-refractivity contribution in [2.45, 2.75) is 6.92 Å². The zero-order chi connectivity index (χ0) is 15.4. The van der Waals surface area contributed by atoms with Crippen LogP contribution in [-0.2, 0) is 11.8 Å². The molecule has 2 heterocycles. The van der Waals surface area contributed by atoms with Crippen molar-refractivity contribution in [2.24, 2.45) is 7.05 Å². The summed E-state index contributed by atoms with van der Waals surface area (Å²) in [6.07, 6.45) is 1.42. The molecule has 1 saturated heterocycles. The molecule has 1 aromatic rings. The van der Waals surface area contributed by atoms with Gasteiger partial charge in [0.25, 0.3) is 0 Å². The molecule has 0 radical (unpaired) electrons. The molecule has 9 heteroatoms. The summed E-state index contributed by atoms with van der Waals surface area (Å²) in [6, 6.07) is 0. The molecule has 9 nitrogen and oxygen atoms in total. The van der Waals surface area contributed by atoms with Gasteiger partial charge in [-0.2, -0.15) is 0 Å². The molecule has 1 N–H and O–H groups in total. The second kappa shape index (κ2) is 6.53. The number of aryl methyl sites for hydroxylation is 1. The molecule has 0 bridgehead atoms. The second-order valence-electron chi connectivity index (χ2n) is 5.06. The van der Waals surface area contributed by atoms with Gasteiger partial charge in [0.1, 0.15) is 0 Å². The maximum Gasteiger partial charge on any atom is 0.406 e. The predicted octanol–water partition coefficient (Wildman–Crippen LogP) is -0.0957. The Morgan fingerprint density at radius 1 is 1.43 bits per heavy atom. The number of nitrogens with zero attached hydrogens (tertiary/aromatic N) is 5. The van der Waals surface area contributed by atoms with Crippen LogP contribution in [0.5, 0.6) is 0 Å². The van der Waals surface area contributed by atoms with E-state index >= 15 is 0 Å². The topological polar surface area (TPSA) is 96.5 Å². The van der Waals surface area contributed by atoms with Crippen LogP contribution in [0.3, 0.4) is 0 Å². The normalized spacial score (nSPS) is 16.0. The summed E-state index contributed by atoms with van der Waals surface area (Å²) in [4.78, 5) is 29.4. The molecule has 1 aliphatic rings. The zero-order valence-electron chi connectivity index (χ0n) is 12.3. The molecular weight excluding hydrogens is 276 g/mol. The summed E-state index contributed by atoms with van der Waals surface area (Å²) < 4.78 is 1.60. The van der Waals surface area contributed by atoms with Gasteiger partial charge in [-0.3, -0.25) is 14.3 Å². The molecule has 1 aliphatic heterocycles. The highest BCUT2D eigenvalue weighted by Crippen LogP contribution is 2.20. The number of hydrogen-bond acceptors (Lipinski definition) is 6. The van der Waals surface area contributed by atoms with E-state index in [1.165, 1.54) is 6.33 Å². The van der Waals surface area contributed by atoms with Crippen molar-refractivity contribution in [1.82, 2.24) is 19.4 Å². The van der Waals surface area contributed by atoms with Crippen LogP contribution in [0.4, 0.5) is 11.6 Å². The highest BCUT2D eigenvalue weighted by molar-refractivity contribution is 5.73. The van der Waals surface area contributed by atoms with E-state index in [1.807, 2.05) is 4.90 Å². The quantitative estimate of drug-likeness (QED) is 0.602. The van der Waals surface area contributed by atoms with Gasteiger partial charge in [-0.05, 0) is 9.91 Å². The lowest BCUT2D eigenvalue weighted by Gasteiger charge is -2.34. The van der Waals surface area contributed by atoms with Crippen molar-refractivity contribution < 1.29 is 9.72 Å². The van der Waals surface area contributed by atoms with Gasteiger partial charge in [0.2, 0.25) is 18.1 Å². The number of imidazole rings is 1. The third-order valence-electron chi connectivity index (χ3n) is 3.63. The third-order valence-corrected chi connectivity index (χ3v) is 3.63. The maximum absolute atomic E-state index is 11.2. The number of nitro groups is 1. The van der Waals surface area contributed by atoms with Gasteiger partial charge >= 0.3 is 5.82 Å². The number of rotatable bonds is 5. The fourth-order valence-electron chi connectivity index (χ4n) is 2.37. The number of carbonyl (C=O) groups excluding carboxylic acids is 1. The molecule has 0 aliphatic carbocycles. The lowest BCUT2D eigenvalue weighted by Crippen LogP contribution is -2.49. The van der Waals surface area contributed by atoms with Crippen LogP contribution < -0.4 is 5.32 Å². The lowest BCUT2D eigenvalue weighted by molar-refractivity contribution is -0.388. The Morgan fingerprint density at radius 3 is 2.67 bits per heavy atom. The summed E-state index contributed by atoms with van der Waals surface area (Å²) in [5, 5.41) is 13.9. The van der Waals surface area contributed by atoms with Gasteiger partial charge in [0.05, 0.1) is 0 Å². The SMILES string of the molecule is CC(=O)N1CCN(CCNc2c([N+](=O)[O-])ncn2C)CC1. The number of nitrogens with one attached hydrogen (secondary N) is 1. The third kappa shape index (κ3) is 3.69.